The number of hydrogen-bond donors (Lipinski definition) is 0. The van der Waals surface area contributed by atoms with Gasteiger partial charge >= 0.3 is 23.9 Å². The van der Waals surface area contributed by atoms with Crippen molar-refractivity contribution in [2.24, 2.45) is 22.7 Å². The van der Waals surface area contributed by atoms with E-state index in [1.165, 1.54) is 0 Å². The summed E-state index contributed by atoms with van der Waals surface area (Å²) >= 11 is 37.3. The van der Waals surface area contributed by atoms with Crippen molar-refractivity contribution in [2.45, 2.75) is 53.4 Å². The molecule has 2 saturated carbocycles. The average molecular weight is 729 g/mol. The maximum absolute atomic E-state index is 13.1. The van der Waals surface area contributed by atoms with Crippen LogP contribution in [0.15, 0.2) is 12.1 Å². The maximum atomic E-state index is 13.1. The second kappa shape index (κ2) is 13.4. The second-order valence-electron chi connectivity index (χ2n) is 11.3. The van der Waals surface area contributed by atoms with Gasteiger partial charge in [0.25, 0.3) is 0 Å². The standard InChI is InChI=1S/C30H28Cl6O8/c1-5-29(9-13(29)3)11-41-25(37)19-21(35)15(31)7-17(33)23(19)43-27(39)28(40)44-24-18(34)8-16(32)22(36)20(24)26(38)42-12-30(6-2)10-14(30)4/h7-8,13-14H,5-6,9-12H2,1-4H3. The Morgan fingerprint density at radius 3 is 1.25 bits per heavy atom. The van der Waals surface area contributed by atoms with Crippen LogP contribution in [-0.4, -0.2) is 37.1 Å². The molecule has 0 bridgehead atoms. The first-order chi connectivity index (χ1) is 20.6. The molecule has 2 aromatic carbocycles. The molecule has 44 heavy (non-hydrogen) atoms. The molecule has 4 atom stereocenters. The first-order valence-electron chi connectivity index (χ1n) is 13.7. The fraction of sp³-hybridized carbons (Fsp3) is 0.467. The third-order valence-electron chi connectivity index (χ3n) is 8.80. The van der Waals surface area contributed by atoms with Crippen molar-refractivity contribution in [3.63, 3.8) is 0 Å². The van der Waals surface area contributed by atoms with E-state index in [9.17, 15) is 19.2 Å². The quantitative estimate of drug-likeness (QED) is 0.103. The van der Waals surface area contributed by atoms with E-state index >= 15 is 0 Å². The summed E-state index contributed by atoms with van der Waals surface area (Å²) in [5.41, 5.74) is -1.25. The molecule has 8 nitrogen and oxygen atoms in total. The average Bonchev–Trinajstić information content (AvgIpc) is 3.85. The van der Waals surface area contributed by atoms with E-state index in [1.807, 2.05) is 27.7 Å². The predicted octanol–water partition coefficient (Wildman–Crippen LogP) is 9.30. The van der Waals surface area contributed by atoms with Crippen LogP contribution in [0.1, 0.15) is 74.1 Å². The van der Waals surface area contributed by atoms with Crippen molar-refractivity contribution in [1.29, 1.82) is 0 Å². The van der Waals surface area contributed by atoms with E-state index in [2.05, 4.69) is 0 Å². The van der Waals surface area contributed by atoms with Gasteiger partial charge in [0.2, 0.25) is 0 Å². The smallest absolute Gasteiger partial charge is 0.423 e. The van der Waals surface area contributed by atoms with Gasteiger partial charge in [0.1, 0.15) is 11.1 Å². The van der Waals surface area contributed by atoms with Crippen LogP contribution < -0.4 is 9.47 Å². The van der Waals surface area contributed by atoms with Gasteiger partial charge in [0.15, 0.2) is 11.5 Å². The lowest BCUT2D eigenvalue weighted by Crippen LogP contribution is -2.28. The first-order valence-corrected chi connectivity index (χ1v) is 16.0. The molecular weight excluding hydrogens is 701 g/mol. The van der Waals surface area contributed by atoms with Gasteiger partial charge in [-0.2, -0.15) is 0 Å². The van der Waals surface area contributed by atoms with Crippen LogP contribution in [0.3, 0.4) is 0 Å². The van der Waals surface area contributed by atoms with Crippen LogP contribution in [0.4, 0.5) is 0 Å². The number of carbonyl (C=O) groups excluding carboxylic acids is 4. The second-order valence-corrected chi connectivity index (χ2v) is 13.7. The summed E-state index contributed by atoms with van der Waals surface area (Å²) < 4.78 is 21.3. The highest BCUT2D eigenvalue weighted by Gasteiger charge is 2.51. The first kappa shape index (κ1) is 34.9. The molecule has 2 aliphatic rings. The van der Waals surface area contributed by atoms with Gasteiger partial charge < -0.3 is 18.9 Å². The number of esters is 4. The molecule has 0 N–H and O–H groups in total. The summed E-state index contributed by atoms with van der Waals surface area (Å²) in [6.45, 7) is 8.23. The molecule has 0 aromatic heterocycles. The van der Waals surface area contributed by atoms with Gasteiger partial charge in [-0.3, -0.25) is 0 Å². The van der Waals surface area contributed by atoms with Crippen molar-refractivity contribution >= 4 is 93.5 Å². The number of hydrogen-bond acceptors (Lipinski definition) is 8. The van der Waals surface area contributed by atoms with E-state index < -0.39 is 46.5 Å². The van der Waals surface area contributed by atoms with Crippen LogP contribution in [0.5, 0.6) is 11.5 Å². The highest BCUT2D eigenvalue weighted by molar-refractivity contribution is 6.47. The molecule has 4 unspecified atom stereocenters. The van der Waals surface area contributed by atoms with Gasteiger partial charge in [-0.1, -0.05) is 97.3 Å². The Hall–Kier alpha value is -1.94. The van der Waals surface area contributed by atoms with Crippen LogP contribution >= 0.6 is 69.6 Å². The third-order valence-corrected chi connectivity index (χ3v) is 10.9. The Morgan fingerprint density at radius 1 is 0.659 bits per heavy atom. The molecule has 2 aromatic rings. The topological polar surface area (TPSA) is 105 Å². The molecule has 238 valence electrons. The number of benzene rings is 2. The number of carbonyl (C=O) groups is 4. The molecule has 0 aliphatic heterocycles. The highest BCUT2D eigenvalue weighted by Crippen LogP contribution is 2.56. The van der Waals surface area contributed by atoms with Gasteiger partial charge in [0, 0.05) is 10.8 Å². The van der Waals surface area contributed by atoms with E-state index in [-0.39, 0.29) is 54.2 Å². The van der Waals surface area contributed by atoms with Crippen molar-refractivity contribution in [3.05, 3.63) is 53.4 Å². The van der Waals surface area contributed by atoms with Crippen molar-refractivity contribution in [2.75, 3.05) is 13.2 Å². The summed E-state index contributed by atoms with van der Waals surface area (Å²) in [4.78, 5) is 52.1. The minimum atomic E-state index is -1.64. The largest absolute Gasteiger partial charge is 0.461 e. The van der Waals surface area contributed by atoms with E-state index in [4.69, 9.17) is 88.6 Å². The minimum Gasteiger partial charge on any atom is -0.461 e. The molecule has 0 amide bonds. The zero-order valence-corrected chi connectivity index (χ0v) is 28.6. The Bertz CT molecular complexity index is 1420. The van der Waals surface area contributed by atoms with Gasteiger partial charge in [-0.15, -0.1) is 0 Å². The molecule has 4 rings (SSSR count). The Kier molecular flexibility index (Phi) is 10.7. The molecule has 2 fully saturated rings. The predicted molar refractivity (Wildman–Crippen MR) is 168 cm³/mol. The molecule has 0 saturated heterocycles. The molecule has 0 radical (unpaired) electrons. The summed E-state index contributed by atoms with van der Waals surface area (Å²) in [5.74, 6) is -5.66. The number of halogens is 6. The summed E-state index contributed by atoms with van der Waals surface area (Å²) in [6.07, 6.45) is 3.31. The van der Waals surface area contributed by atoms with Crippen LogP contribution in [0.25, 0.3) is 0 Å². The molecule has 0 heterocycles. The maximum Gasteiger partial charge on any atom is 0.423 e. The Labute approximate surface area is 284 Å². The number of ether oxygens (including phenoxy) is 4. The van der Waals surface area contributed by atoms with Gasteiger partial charge in [-0.05, 0) is 49.7 Å². The van der Waals surface area contributed by atoms with Gasteiger partial charge in [-0.25, -0.2) is 19.2 Å². The number of rotatable bonds is 10. The summed E-state index contributed by atoms with van der Waals surface area (Å²) in [7, 11) is 0. The minimum absolute atomic E-state index is 0.0897. The Balaban J connectivity index is 1.56. The molecule has 0 spiro atoms. The SMILES string of the molecule is CCC1(COC(=O)c2c(Cl)c(Cl)cc(Cl)c2OC(=O)C(=O)Oc2c(Cl)cc(Cl)c(Cl)c2C(=O)OCC2(CC)CC2C)CC1C. The monoisotopic (exact) mass is 726 g/mol. The fourth-order valence-electron chi connectivity index (χ4n) is 5.25. The summed E-state index contributed by atoms with van der Waals surface area (Å²) in [6, 6.07) is 2.25. The molecule has 2 aliphatic carbocycles. The molecular formula is C30H28Cl6O8. The summed E-state index contributed by atoms with van der Waals surface area (Å²) in [5, 5.41) is -1.47. The fourth-order valence-corrected chi connectivity index (χ4v) is 6.69. The zero-order chi connectivity index (χ0) is 32.7. The van der Waals surface area contributed by atoms with Crippen LogP contribution in [0.2, 0.25) is 30.1 Å². The lowest BCUT2D eigenvalue weighted by Gasteiger charge is -2.18. The van der Waals surface area contributed by atoms with E-state index in [1.54, 1.807) is 0 Å². The normalized spacial score (nSPS) is 23.5. The highest BCUT2D eigenvalue weighted by atomic mass is 35.5. The van der Waals surface area contributed by atoms with Crippen molar-refractivity contribution in [1.82, 2.24) is 0 Å². The molecule has 14 heteroatoms. The third kappa shape index (κ3) is 6.91. The van der Waals surface area contributed by atoms with Gasteiger partial charge in [0.05, 0.1) is 43.3 Å². The lowest BCUT2D eigenvalue weighted by atomic mass is 10.0. The zero-order valence-electron chi connectivity index (χ0n) is 24.1. The lowest BCUT2D eigenvalue weighted by molar-refractivity contribution is -0.156. The van der Waals surface area contributed by atoms with Crippen LogP contribution in [-0.2, 0) is 19.1 Å². The van der Waals surface area contributed by atoms with Crippen molar-refractivity contribution in [3.8, 4) is 11.5 Å². The van der Waals surface area contributed by atoms with E-state index in [0.29, 0.717) is 11.8 Å². The van der Waals surface area contributed by atoms with Crippen molar-refractivity contribution < 1.29 is 38.1 Å². The van der Waals surface area contributed by atoms with E-state index in [0.717, 1.165) is 37.8 Å². The van der Waals surface area contributed by atoms with Crippen LogP contribution in [0, 0.1) is 22.7 Å². The Morgan fingerprint density at radius 2 is 0.977 bits per heavy atom.